The molecule has 12 rings (SSSR count). The van der Waals surface area contributed by atoms with Crippen LogP contribution in [0.15, 0.2) is 84.9 Å². The Hall–Kier alpha value is -8.14. The zero-order valence-electron chi connectivity index (χ0n) is 69.6. The fraction of sp³-hybridized carbons (Fsp3) is 0.600. The number of nitrogens with zero attached hydrogens (tertiary/aromatic N) is 4. The van der Waals surface area contributed by atoms with E-state index in [9.17, 15) is 135 Å². The Balaban J connectivity index is 0.000000193. The molecule has 4 saturated heterocycles. The van der Waals surface area contributed by atoms with Crippen molar-refractivity contribution in [3.05, 3.63) is 138 Å². The van der Waals surface area contributed by atoms with Crippen molar-refractivity contribution in [2.75, 3.05) is 0 Å². The van der Waals surface area contributed by atoms with E-state index >= 15 is 0 Å². The van der Waals surface area contributed by atoms with Crippen molar-refractivity contribution in [2.24, 2.45) is 71.0 Å². The Labute approximate surface area is 755 Å². The lowest BCUT2D eigenvalue weighted by Gasteiger charge is -2.44. The standard InChI is InChI=1S/C24H29ClF3NO4.C22H24Cl2F3NO4.C22H24ClF4NO4.C22H25ClF3NO4/c25-17-10-6-7-15(13-17)11-12-18-21(23(32)33)29(22(18)31)20(30)14-19(24(26,27)28)16-8-4-2-1-3-5-9-16;2*23-14-7-9-17(24)13(10-14)6-8-15-19(21(31)32)28(20(15)30)18(29)11-16(22(25,26)27)12-4-2-1-3-5-12;23-17-9-5-4-8-14(17)10-11-15-19(21(30)31)27(20(15)29)18(28)12-16(22(24,25)26)13-6-2-1-3-7-13/h6-7,10,13,16,18-19,21H,1-5,8-9,11-12,14H2,(H,32,33);2*7,9-10,12,15-16,19H,1-6,8,11H2,(H,31,32);4-5,8-9,13,15-16,19H,1-3,6-7,10-12H2,(H,30,31)/t18-,19+,21+;3*15-,16+,19+/m1111/s1. The summed E-state index contributed by atoms with van der Waals surface area (Å²) in [6.07, 6.45) is -7.08. The molecule has 0 bridgehead atoms. The molecule has 4 heterocycles. The van der Waals surface area contributed by atoms with Crippen molar-refractivity contribution in [2.45, 2.75) is 267 Å². The summed E-state index contributed by atoms with van der Waals surface area (Å²) < 4.78 is 178. The quantitative estimate of drug-likeness (QED) is 0.0303. The third-order valence-corrected chi connectivity index (χ3v) is 27.8. The number of likely N-dealkylation sites (tertiary alicyclic amines) is 4. The predicted molar refractivity (Wildman–Crippen MR) is 443 cm³/mol. The summed E-state index contributed by atoms with van der Waals surface area (Å²) in [7, 11) is 0. The van der Waals surface area contributed by atoms with Gasteiger partial charge in [-0.15, -0.1) is 0 Å². The van der Waals surface area contributed by atoms with E-state index in [4.69, 9.17) is 58.0 Å². The van der Waals surface area contributed by atoms with Crippen molar-refractivity contribution in [1.82, 2.24) is 19.6 Å². The van der Waals surface area contributed by atoms with Gasteiger partial charge in [0, 0.05) is 50.8 Å². The van der Waals surface area contributed by atoms with E-state index in [0.717, 1.165) is 55.7 Å². The number of carboxylic acids is 4. The highest BCUT2D eigenvalue weighted by molar-refractivity contribution is 6.34. The minimum Gasteiger partial charge on any atom is -0.480 e. The fourth-order valence-electron chi connectivity index (χ4n) is 19.5. The second kappa shape index (κ2) is 45.8. The van der Waals surface area contributed by atoms with E-state index in [1.807, 2.05) is 0 Å². The Morgan fingerprint density at radius 3 is 0.898 bits per heavy atom. The largest absolute Gasteiger partial charge is 0.480 e. The van der Waals surface area contributed by atoms with Gasteiger partial charge >= 0.3 is 48.6 Å². The smallest absolute Gasteiger partial charge is 0.392 e. The monoisotopic (exact) mass is 1920 g/mol. The number of benzene rings is 4. The van der Waals surface area contributed by atoms with E-state index in [1.165, 1.54) is 12.1 Å². The minimum absolute atomic E-state index is 0.00185. The van der Waals surface area contributed by atoms with Crippen molar-refractivity contribution in [1.29, 1.82) is 0 Å². The van der Waals surface area contributed by atoms with Crippen LogP contribution in [0.25, 0.3) is 0 Å². The van der Waals surface area contributed by atoms with Gasteiger partial charge in [-0.25, -0.2) is 23.6 Å². The van der Waals surface area contributed by atoms with E-state index in [0.29, 0.717) is 161 Å². The van der Waals surface area contributed by atoms with Crippen molar-refractivity contribution in [3.8, 4) is 0 Å². The lowest BCUT2D eigenvalue weighted by atomic mass is 9.77. The van der Waals surface area contributed by atoms with Crippen LogP contribution in [0.4, 0.5) is 57.1 Å². The van der Waals surface area contributed by atoms with Gasteiger partial charge in [-0.2, -0.15) is 52.7 Å². The second-order valence-corrected chi connectivity index (χ2v) is 36.6. The number of carbonyl (C=O) groups excluding carboxylic acids is 8. The van der Waals surface area contributed by atoms with Crippen LogP contribution in [0, 0.1) is 76.8 Å². The molecule has 20 nitrogen and oxygen atoms in total. The summed E-state index contributed by atoms with van der Waals surface area (Å²) in [6, 6.07) is 16.5. The Morgan fingerprint density at radius 2 is 0.586 bits per heavy atom. The van der Waals surface area contributed by atoms with Crippen LogP contribution in [0.5, 0.6) is 0 Å². The normalized spacial score (nSPS) is 23.2. The van der Waals surface area contributed by atoms with Crippen LogP contribution >= 0.6 is 58.0 Å². The molecule has 0 spiro atoms. The third-order valence-electron chi connectivity index (χ3n) is 26.4. The molecule has 8 aliphatic rings. The summed E-state index contributed by atoms with van der Waals surface area (Å²) in [5.74, 6) is -27.9. The van der Waals surface area contributed by atoms with Crippen LogP contribution < -0.4 is 0 Å². The van der Waals surface area contributed by atoms with Crippen LogP contribution in [0.3, 0.4) is 0 Å². The molecular formula is C90H102Cl5F13N4O16. The summed E-state index contributed by atoms with van der Waals surface area (Å²) >= 11 is 29.9. The Morgan fingerprint density at radius 1 is 0.320 bits per heavy atom. The van der Waals surface area contributed by atoms with Gasteiger partial charge in [0.2, 0.25) is 47.3 Å². The topological polar surface area (TPSA) is 299 Å². The van der Waals surface area contributed by atoms with Gasteiger partial charge in [0.15, 0.2) is 0 Å². The molecule has 4 aromatic carbocycles. The van der Waals surface area contributed by atoms with Crippen molar-refractivity contribution >= 4 is 129 Å². The molecule has 12 atom stereocenters. The van der Waals surface area contributed by atoms with Crippen LogP contribution in [-0.2, 0) is 83.2 Å². The molecule has 0 aromatic heterocycles. The molecule has 4 N–H and O–H groups in total. The van der Waals surface area contributed by atoms with Gasteiger partial charge in [0.05, 0.1) is 47.3 Å². The maximum Gasteiger partial charge on any atom is 0.392 e. The molecule has 4 aliphatic heterocycles. The van der Waals surface area contributed by atoms with E-state index in [1.54, 1.807) is 66.7 Å². The van der Waals surface area contributed by atoms with Crippen LogP contribution in [0.2, 0.25) is 25.1 Å². The zero-order valence-corrected chi connectivity index (χ0v) is 73.4. The van der Waals surface area contributed by atoms with Crippen molar-refractivity contribution in [3.63, 3.8) is 0 Å². The van der Waals surface area contributed by atoms with Crippen LogP contribution in [-0.4, -0.2) is 160 Å². The Kier molecular flexibility index (Phi) is 37.1. The lowest BCUT2D eigenvalue weighted by molar-refractivity contribution is -0.200. The van der Waals surface area contributed by atoms with Gasteiger partial charge in [0.1, 0.15) is 30.0 Å². The number of amides is 8. The fourth-order valence-corrected chi connectivity index (χ4v) is 20.6. The van der Waals surface area contributed by atoms with Crippen molar-refractivity contribution < 1.29 is 135 Å². The molecule has 38 heteroatoms. The van der Waals surface area contributed by atoms with Gasteiger partial charge < -0.3 is 20.4 Å². The summed E-state index contributed by atoms with van der Waals surface area (Å²) in [5, 5.41) is 40.3. The summed E-state index contributed by atoms with van der Waals surface area (Å²) in [6.45, 7) is 0. The summed E-state index contributed by atoms with van der Waals surface area (Å²) in [5.41, 5.74) is 2.36. The SMILES string of the molecule is O=C(O)[C@@H]1[C@@H](CCc2cc(Cl)ccc2Cl)C(=O)N1C(=O)C[C@@H](C1CCCCC1)C(F)(F)F.O=C(O)[C@@H]1[C@@H](CCc2cc(Cl)ccc2F)C(=O)N1C(=O)C[C@@H](C1CCCCC1)C(F)(F)F.O=C(O)[C@@H]1[C@@H](CCc2cccc(Cl)c2)C(=O)N1C(=O)C[C@@H](C1CCCCCCC1)C(F)(F)F.O=C(O)[C@@H]1[C@@H](CCc2ccccc2Cl)C(=O)N1C(=O)C[C@@H](C1CCCCC1)C(F)(F)F. The number of β-lactam (4-membered cyclic amide) rings is 4. The molecule has 8 amide bonds. The molecular weight excluding hydrogens is 1820 g/mol. The number of aryl methyl sites for hydroxylation is 4. The van der Waals surface area contributed by atoms with Crippen LogP contribution in [0.1, 0.15) is 215 Å². The molecule has 0 unspecified atom stereocenters. The molecule has 4 aromatic rings. The first-order valence-corrected chi connectivity index (χ1v) is 45.1. The highest BCUT2D eigenvalue weighted by Gasteiger charge is 2.61. The van der Waals surface area contributed by atoms with Gasteiger partial charge in [-0.05, 0) is 203 Å². The predicted octanol–water partition coefficient (Wildman–Crippen LogP) is 21.0. The number of hydrogen-bond acceptors (Lipinski definition) is 12. The molecule has 128 heavy (non-hydrogen) atoms. The van der Waals surface area contributed by atoms with E-state index in [2.05, 4.69) is 0 Å². The maximum atomic E-state index is 13.9. The number of carboxylic acid groups (broad SMARTS) is 4. The third kappa shape index (κ3) is 26.8. The van der Waals surface area contributed by atoms with Gasteiger partial charge in [-0.3, -0.25) is 58.0 Å². The first-order chi connectivity index (χ1) is 60.2. The average Bonchev–Trinajstić information content (AvgIpc) is 0.756. The first-order valence-electron chi connectivity index (χ1n) is 43.2. The Bertz CT molecular complexity index is 4470. The average molecular weight is 1920 g/mol. The highest BCUT2D eigenvalue weighted by Crippen LogP contribution is 2.49. The van der Waals surface area contributed by atoms with E-state index in [-0.39, 0.29) is 49.1 Å². The molecule has 4 saturated carbocycles. The summed E-state index contributed by atoms with van der Waals surface area (Å²) in [4.78, 5) is 150. The maximum absolute atomic E-state index is 13.9. The first kappa shape index (κ1) is 104. The minimum atomic E-state index is -4.62. The number of carbonyl (C=O) groups is 12. The number of imide groups is 4. The van der Waals surface area contributed by atoms with E-state index < -0.39 is 223 Å². The number of aliphatic carboxylic acids is 4. The lowest BCUT2D eigenvalue weighted by Crippen LogP contribution is -2.66. The zero-order chi connectivity index (χ0) is 94.2. The second-order valence-electron chi connectivity index (χ2n) is 34.5. The van der Waals surface area contributed by atoms with Gasteiger partial charge in [0.25, 0.3) is 0 Å². The van der Waals surface area contributed by atoms with Gasteiger partial charge in [-0.1, -0.05) is 178 Å². The highest BCUT2D eigenvalue weighted by atomic mass is 35.5. The molecule has 0 radical (unpaired) electrons. The number of rotatable bonds is 28. The number of hydrogen-bond donors (Lipinski definition) is 4. The molecule has 4 aliphatic carbocycles. The molecule has 8 fully saturated rings. The molecule has 704 valence electrons. The number of halogens is 18. The number of alkyl halides is 12.